The fourth-order valence-corrected chi connectivity index (χ4v) is 3.02. The molecule has 28 heavy (non-hydrogen) atoms. The maximum atomic E-state index is 11.6. The van der Waals surface area contributed by atoms with E-state index in [0.29, 0.717) is 37.9 Å². The summed E-state index contributed by atoms with van der Waals surface area (Å²) in [5.41, 5.74) is 8.72. The smallest absolute Gasteiger partial charge is 0.228 e. The van der Waals surface area contributed by atoms with Crippen molar-refractivity contribution < 1.29 is 14.3 Å². The summed E-state index contributed by atoms with van der Waals surface area (Å²) in [5.74, 6) is 1.92. The summed E-state index contributed by atoms with van der Waals surface area (Å²) < 4.78 is 11.3. The molecule has 0 radical (unpaired) electrons. The number of ether oxygens (including phenoxy) is 2. The van der Waals surface area contributed by atoms with E-state index in [0.717, 1.165) is 35.7 Å². The average Bonchev–Trinajstić information content (AvgIpc) is 2.90. The third-order valence-electron chi connectivity index (χ3n) is 4.52. The number of anilines is 2. The van der Waals surface area contributed by atoms with Crippen LogP contribution in [0.3, 0.4) is 0 Å². The number of guanidine groups is 1. The predicted molar refractivity (Wildman–Crippen MR) is 120 cm³/mol. The molecule has 4 rings (SSSR count). The second-order valence-electron chi connectivity index (χ2n) is 6.50. The second-order valence-corrected chi connectivity index (χ2v) is 6.50. The Hall–Kier alpha value is -2.49. The minimum atomic E-state index is 0. The van der Waals surface area contributed by atoms with Gasteiger partial charge in [-0.25, -0.2) is 4.99 Å². The first kappa shape index (κ1) is 20.2. The Balaban J connectivity index is 0.00000225. The standard InChI is InChI=1S/C20H22N4O3.HI/c21-20(23-15-5-6-17-18(12-15)27-10-2-9-26-17)22-13-14-3-1-4-16(11-14)24-8-7-19(24)25;/h1,3-6,11-12H,2,7-10,13H2,(H3,21,22,23);1H. The topological polar surface area (TPSA) is 89.2 Å². The van der Waals surface area contributed by atoms with Gasteiger partial charge in [-0.1, -0.05) is 12.1 Å². The van der Waals surface area contributed by atoms with Crippen molar-refractivity contribution in [2.75, 3.05) is 30.0 Å². The van der Waals surface area contributed by atoms with E-state index < -0.39 is 0 Å². The van der Waals surface area contributed by atoms with E-state index in [9.17, 15) is 4.79 Å². The highest BCUT2D eigenvalue weighted by Gasteiger charge is 2.24. The van der Waals surface area contributed by atoms with Gasteiger partial charge in [0.15, 0.2) is 17.5 Å². The van der Waals surface area contributed by atoms with Crippen LogP contribution in [-0.4, -0.2) is 31.6 Å². The van der Waals surface area contributed by atoms with Crippen LogP contribution in [-0.2, 0) is 11.3 Å². The highest BCUT2D eigenvalue weighted by molar-refractivity contribution is 14.0. The number of hydrogen-bond donors (Lipinski definition) is 2. The molecule has 0 aliphatic carbocycles. The first-order chi connectivity index (χ1) is 13.2. The van der Waals surface area contributed by atoms with E-state index in [1.165, 1.54) is 0 Å². The molecule has 0 saturated carbocycles. The van der Waals surface area contributed by atoms with Gasteiger partial charge in [-0.3, -0.25) is 4.79 Å². The fourth-order valence-electron chi connectivity index (χ4n) is 3.02. The number of rotatable bonds is 4. The summed E-state index contributed by atoms with van der Waals surface area (Å²) in [6, 6.07) is 13.4. The molecule has 0 bridgehead atoms. The Bertz CT molecular complexity index is 888. The SMILES string of the molecule is I.NC(=NCc1cccc(N2CCC2=O)c1)Nc1ccc2c(c1)OCCCO2. The number of aliphatic imine (C=N–C) groups is 1. The molecule has 2 heterocycles. The summed E-state index contributed by atoms with van der Waals surface area (Å²) in [4.78, 5) is 17.7. The molecule has 0 unspecified atom stereocenters. The number of hydrogen-bond acceptors (Lipinski definition) is 4. The minimum absolute atomic E-state index is 0. The lowest BCUT2D eigenvalue weighted by molar-refractivity contribution is -0.122. The Morgan fingerprint density at radius 2 is 1.96 bits per heavy atom. The number of benzene rings is 2. The third kappa shape index (κ3) is 4.67. The normalized spacial score (nSPS) is 15.9. The van der Waals surface area contributed by atoms with Crippen molar-refractivity contribution in [1.29, 1.82) is 0 Å². The number of carbonyl (C=O) groups is 1. The molecule has 3 N–H and O–H groups in total. The molecular weight excluding hydrogens is 471 g/mol. The summed E-state index contributed by atoms with van der Waals surface area (Å²) in [5, 5.41) is 3.08. The zero-order chi connectivity index (χ0) is 18.6. The van der Waals surface area contributed by atoms with E-state index in [4.69, 9.17) is 15.2 Å². The van der Waals surface area contributed by atoms with Gasteiger partial charge in [0.25, 0.3) is 0 Å². The first-order valence-corrected chi connectivity index (χ1v) is 9.05. The van der Waals surface area contributed by atoms with Crippen LogP contribution < -0.4 is 25.4 Å². The van der Waals surface area contributed by atoms with E-state index >= 15 is 0 Å². The summed E-state index contributed by atoms with van der Waals surface area (Å²) in [7, 11) is 0. The van der Waals surface area contributed by atoms with Crippen LogP contribution in [0.5, 0.6) is 11.5 Å². The number of nitrogens with zero attached hydrogens (tertiary/aromatic N) is 2. The van der Waals surface area contributed by atoms with Crippen LogP contribution in [0.4, 0.5) is 11.4 Å². The molecule has 7 nitrogen and oxygen atoms in total. The van der Waals surface area contributed by atoms with E-state index in [-0.39, 0.29) is 29.9 Å². The maximum Gasteiger partial charge on any atom is 0.228 e. The molecule has 2 aromatic carbocycles. The number of amides is 1. The zero-order valence-electron chi connectivity index (χ0n) is 15.4. The minimum Gasteiger partial charge on any atom is -0.490 e. The lowest BCUT2D eigenvalue weighted by Crippen LogP contribution is -2.43. The molecule has 1 fully saturated rings. The Kier molecular flexibility index (Phi) is 6.61. The van der Waals surface area contributed by atoms with Crippen LogP contribution in [0.15, 0.2) is 47.5 Å². The maximum absolute atomic E-state index is 11.6. The molecular formula is C20H23IN4O3. The lowest BCUT2D eigenvalue weighted by atomic mass is 10.1. The van der Waals surface area contributed by atoms with E-state index in [1.807, 2.05) is 42.5 Å². The quantitative estimate of drug-likeness (QED) is 0.295. The van der Waals surface area contributed by atoms with Gasteiger partial charge in [-0.05, 0) is 29.8 Å². The monoisotopic (exact) mass is 494 g/mol. The molecule has 2 aromatic rings. The van der Waals surface area contributed by atoms with Gasteiger partial charge in [0.2, 0.25) is 5.91 Å². The highest BCUT2D eigenvalue weighted by atomic mass is 127. The summed E-state index contributed by atoms with van der Waals surface area (Å²) >= 11 is 0. The molecule has 0 atom stereocenters. The van der Waals surface area contributed by atoms with Crippen molar-refractivity contribution in [2.24, 2.45) is 10.7 Å². The van der Waals surface area contributed by atoms with Gasteiger partial charge in [-0.15, -0.1) is 24.0 Å². The van der Waals surface area contributed by atoms with Gasteiger partial charge in [0.05, 0.1) is 19.8 Å². The van der Waals surface area contributed by atoms with Crippen LogP contribution in [0.2, 0.25) is 0 Å². The number of nitrogens with two attached hydrogens (primary N) is 1. The van der Waals surface area contributed by atoms with Crippen molar-refractivity contribution in [1.82, 2.24) is 0 Å². The van der Waals surface area contributed by atoms with Gasteiger partial charge >= 0.3 is 0 Å². The number of nitrogens with one attached hydrogen (secondary N) is 1. The third-order valence-corrected chi connectivity index (χ3v) is 4.52. The Morgan fingerprint density at radius 1 is 1.14 bits per heavy atom. The van der Waals surface area contributed by atoms with Gasteiger partial charge in [0, 0.05) is 36.8 Å². The Labute approximate surface area is 180 Å². The van der Waals surface area contributed by atoms with E-state index in [1.54, 1.807) is 4.90 Å². The number of β-lactam (4-membered cyclic amide) rings is 1. The van der Waals surface area contributed by atoms with Crippen molar-refractivity contribution in [3.8, 4) is 11.5 Å². The van der Waals surface area contributed by atoms with E-state index in [2.05, 4.69) is 10.3 Å². The molecule has 1 saturated heterocycles. The van der Waals surface area contributed by atoms with Crippen LogP contribution in [0.1, 0.15) is 18.4 Å². The Morgan fingerprint density at radius 3 is 2.71 bits per heavy atom. The predicted octanol–water partition coefficient (Wildman–Crippen LogP) is 3.13. The largest absolute Gasteiger partial charge is 0.490 e. The summed E-state index contributed by atoms with van der Waals surface area (Å²) in [6.45, 7) is 2.50. The molecule has 148 valence electrons. The first-order valence-electron chi connectivity index (χ1n) is 9.05. The number of halogens is 1. The fraction of sp³-hybridized carbons (Fsp3) is 0.300. The number of fused-ring (bicyclic) bond motifs is 1. The molecule has 2 aliphatic rings. The molecule has 8 heteroatoms. The van der Waals surface area contributed by atoms with Crippen molar-refractivity contribution in [2.45, 2.75) is 19.4 Å². The average molecular weight is 494 g/mol. The van der Waals surface area contributed by atoms with Crippen molar-refractivity contribution in [3.05, 3.63) is 48.0 Å². The van der Waals surface area contributed by atoms with Gasteiger partial charge in [0.1, 0.15) is 0 Å². The molecule has 0 aromatic heterocycles. The molecule has 1 amide bonds. The summed E-state index contributed by atoms with van der Waals surface area (Å²) in [6.07, 6.45) is 1.48. The van der Waals surface area contributed by atoms with Crippen LogP contribution in [0.25, 0.3) is 0 Å². The molecule has 0 spiro atoms. The zero-order valence-corrected chi connectivity index (χ0v) is 17.7. The molecule has 2 aliphatic heterocycles. The van der Waals surface area contributed by atoms with Gasteiger partial charge < -0.3 is 25.4 Å². The van der Waals surface area contributed by atoms with Crippen LogP contribution in [0, 0.1) is 0 Å². The lowest BCUT2D eigenvalue weighted by Gasteiger charge is -2.30. The van der Waals surface area contributed by atoms with Crippen molar-refractivity contribution >= 4 is 47.2 Å². The number of carbonyl (C=O) groups excluding carboxylic acids is 1. The second kappa shape index (κ2) is 9.13. The highest BCUT2D eigenvalue weighted by Crippen LogP contribution is 2.32. The van der Waals surface area contributed by atoms with Crippen molar-refractivity contribution in [3.63, 3.8) is 0 Å². The van der Waals surface area contributed by atoms with Crippen LogP contribution >= 0.6 is 24.0 Å². The van der Waals surface area contributed by atoms with Gasteiger partial charge in [-0.2, -0.15) is 0 Å².